The lowest BCUT2D eigenvalue weighted by atomic mass is 10.3. The van der Waals surface area contributed by atoms with E-state index < -0.39 is 15.7 Å². The predicted molar refractivity (Wildman–Crippen MR) is 78.1 cm³/mol. The van der Waals surface area contributed by atoms with Crippen LogP contribution in [0.25, 0.3) is 11.5 Å². The molecule has 0 saturated heterocycles. The van der Waals surface area contributed by atoms with Gasteiger partial charge >= 0.3 is 0 Å². The summed E-state index contributed by atoms with van der Waals surface area (Å²) in [6, 6.07) is 5.14. The van der Waals surface area contributed by atoms with Gasteiger partial charge < -0.3 is 9.73 Å². The second kappa shape index (κ2) is 5.96. The number of hydrogen-bond acceptors (Lipinski definition) is 5. The van der Waals surface area contributed by atoms with Crippen LogP contribution >= 0.6 is 0 Å². The molecule has 2 rings (SSSR count). The normalized spacial score (nSPS) is 11.3. The van der Waals surface area contributed by atoms with Gasteiger partial charge in [0.2, 0.25) is 5.91 Å². The predicted octanol–water partition coefficient (Wildman–Crippen LogP) is 1.57. The first-order chi connectivity index (χ1) is 9.91. The van der Waals surface area contributed by atoms with Gasteiger partial charge in [-0.1, -0.05) is 6.58 Å². The molecule has 112 valence electrons. The van der Waals surface area contributed by atoms with Crippen molar-refractivity contribution in [3.63, 3.8) is 0 Å². The molecule has 8 heteroatoms. The topological polar surface area (TPSA) is 94.2 Å². The summed E-state index contributed by atoms with van der Waals surface area (Å²) in [6.45, 7) is 3.20. The monoisotopic (exact) mass is 309 g/mol. The number of furan rings is 1. The number of rotatable bonds is 6. The molecule has 0 bridgehead atoms. The molecule has 2 aromatic heterocycles. The van der Waals surface area contributed by atoms with Crippen molar-refractivity contribution in [2.45, 2.75) is 6.42 Å². The fourth-order valence-electron chi connectivity index (χ4n) is 1.65. The van der Waals surface area contributed by atoms with E-state index in [0.29, 0.717) is 17.3 Å². The van der Waals surface area contributed by atoms with Crippen molar-refractivity contribution in [3.05, 3.63) is 36.4 Å². The molecule has 2 heterocycles. The molecule has 0 radical (unpaired) electrons. The van der Waals surface area contributed by atoms with Gasteiger partial charge in [-0.3, -0.25) is 9.48 Å². The van der Waals surface area contributed by atoms with Gasteiger partial charge in [0.25, 0.3) is 0 Å². The summed E-state index contributed by atoms with van der Waals surface area (Å²) >= 11 is 0. The fraction of sp³-hybridized carbons (Fsp3) is 0.231. The lowest BCUT2D eigenvalue weighted by molar-refractivity contribution is -0.115. The lowest BCUT2D eigenvalue weighted by Gasteiger charge is -2.04. The third-order valence-corrected chi connectivity index (χ3v) is 4.07. The van der Waals surface area contributed by atoms with Crippen molar-refractivity contribution in [2.75, 3.05) is 11.1 Å². The van der Waals surface area contributed by atoms with Crippen LogP contribution in [0, 0.1) is 0 Å². The van der Waals surface area contributed by atoms with Crippen molar-refractivity contribution in [1.29, 1.82) is 0 Å². The van der Waals surface area contributed by atoms with E-state index in [4.69, 9.17) is 4.42 Å². The Bertz CT molecular complexity index is 744. The van der Waals surface area contributed by atoms with E-state index in [1.54, 1.807) is 25.2 Å². The zero-order chi connectivity index (χ0) is 15.5. The summed E-state index contributed by atoms with van der Waals surface area (Å²) in [4.78, 5) is 11.7. The zero-order valence-electron chi connectivity index (χ0n) is 11.4. The van der Waals surface area contributed by atoms with Gasteiger partial charge in [-0.15, -0.1) is 0 Å². The van der Waals surface area contributed by atoms with Crippen LogP contribution in [0.15, 0.2) is 40.9 Å². The van der Waals surface area contributed by atoms with Crippen LogP contribution in [0.3, 0.4) is 0 Å². The average Bonchev–Trinajstić information content (AvgIpc) is 3.07. The summed E-state index contributed by atoms with van der Waals surface area (Å²) in [5.41, 5.74) is 0.580. The Balaban J connectivity index is 2.03. The van der Waals surface area contributed by atoms with Crippen molar-refractivity contribution < 1.29 is 17.6 Å². The molecule has 0 atom stereocenters. The number of nitrogens with one attached hydrogen (secondary N) is 1. The molecule has 0 aliphatic rings. The fourth-order valence-corrected chi connectivity index (χ4v) is 2.29. The molecule has 0 aromatic carbocycles. The highest BCUT2D eigenvalue weighted by Crippen LogP contribution is 2.21. The molecule has 7 nitrogen and oxygen atoms in total. The van der Waals surface area contributed by atoms with Crippen molar-refractivity contribution in [2.24, 2.45) is 7.05 Å². The van der Waals surface area contributed by atoms with E-state index in [9.17, 15) is 13.2 Å². The van der Waals surface area contributed by atoms with Crippen LogP contribution < -0.4 is 5.32 Å². The summed E-state index contributed by atoms with van der Waals surface area (Å²) in [6.07, 6.45) is 1.39. The first-order valence-electron chi connectivity index (χ1n) is 6.14. The number of hydrogen-bond donors (Lipinski definition) is 1. The standard InChI is InChI=1S/C13H15N3O4S/c1-3-21(18,19)8-6-13(17)14-12-9-10(15-16(12)2)11-5-4-7-20-11/h3-5,7,9H,1,6,8H2,2H3,(H,14,17). The van der Waals surface area contributed by atoms with Gasteiger partial charge in [0, 0.05) is 24.9 Å². The van der Waals surface area contributed by atoms with Crippen LogP contribution in [-0.2, 0) is 21.7 Å². The third-order valence-electron chi connectivity index (χ3n) is 2.79. The first-order valence-corrected chi connectivity index (χ1v) is 7.86. The number of amides is 1. The Kier molecular flexibility index (Phi) is 4.27. The molecule has 0 saturated carbocycles. The van der Waals surface area contributed by atoms with Gasteiger partial charge in [0.15, 0.2) is 15.6 Å². The van der Waals surface area contributed by atoms with E-state index >= 15 is 0 Å². The average molecular weight is 309 g/mol. The van der Waals surface area contributed by atoms with E-state index in [1.165, 1.54) is 10.9 Å². The quantitative estimate of drug-likeness (QED) is 0.874. The molecule has 2 aromatic rings. The van der Waals surface area contributed by atoms with Gasteiger partial charge in [-0.25, -0.2) is 8.42 Å². The van der Waals surface area contributed by atoms with Gasteiger partial charge in [0.1, 0.15) is 11.5 Å². The SMILES string of the molecule is C=CS(=O)(=O)CCC(=O)Nc1cc(-c2ccco2)nn1C. The van der Waals surface area contributed by atoms with E-state index in [-0.39, 0.29) is 12.2 Å². The van der Waals surface area contributed by atoms with E-state index in [0.717, 1.165) is 5.41 Å². The zero-order valence-corrected chi connectivity index (χ0v) is 12.3. The van der Waals surface area contributed by atoms with Crippen molar-refractivity contribution in [1.82, 2.24) is 9.78 Å². The number of sulfone groups is 1. The molecule has 0 aliphatic carbocycles. The van der Waals surface area contributed by atoms with E-state index in [2.05, 4.69) is 17.0 Å². The maximum Gasteiger partial charge on any atom is 0.226 e. The maximum absolute atomic E-state index is 11.7. The van der Waals surface area contributed by atoms with Crippen LogP contribution in [-0.4, -0.2) is 29.9 Å². The second-order valence-electron chi connectivity index (χ2n) is 4.35. The van der Waals surface area contributed by atoms with Crippen molar-refractivity contribution >= 4 is 21.6 Å². The lowest BCUT2D eigenvalue weighted by Crippen LogP contribution is -2.17. The Morgan fingerprint density at radius 2 is 2.33 bits per heavy atom. The first kappa shape index (κ1) is 15.0. The Labute approximate surface area is 122 Å². The molecule has 21 heavy (non-hydrogen) atoms. The summed E-state index contributed by atoms with van der Waals surface area (Å²) in [5.74, 6) is 0.364. The van der Waals surface area contributed by atoms with Crippen molar-refractivity contribution in [3.8, 4) is 11.5 Å². The van der Waals surface area contributed by atoms with Crippen LogP contribution in [0.2, 0.25) is 0 Å². The smallest absolute Gasteiger partial charge is 0.226 e. The molecule has 1 amide bonds. The number of aromatic nitrogens is 2. The van der Waals surface area contributed by atoms with Gasteiger partial charge in [-0.2, -0.15) is 5.10 Å². The van der Waals surface area contributed by atoms with Crippen LogP contribution in [0.1, 0.15) is 6.42 Å². The minimum Gasteiger partial charge on any atom is -0.463 e. The highest BCUT2D eigenvalue weighted by Gasteiger charge is 2.14. The second-order valence-corrected chi connectivity index (χ2v) is 6.41. The maximum atomic E-state index is 11.7. The Morgan fingerprint density at radius 1 is 1.57 bits per heavy atom. The number of carbonyl (C=O) groups is 1. The van der Waals surface area contributed by atoms with Crippen LogP contribution in [0.5, 0.6) is 0 Å². The summed E-state index contributed by atoms with van der Waals surface area (Å²) < 4.78 is 29.2. The number of aryl methyl sites for hydroxylation is 1. The molecule has 1 N–H and O–H groups in total. The molecule has 0 spiro atoms. The van der Waals surface area contributed by atoms with E-state index in [1.807, 2.05) is 0 Å². The molecule has 0 fully saturated rings. The highest BCUT2D eigenvalue weighted by molar-refractivity contribution is 7.94. The molecule has 0 aliphatic heterocycles. The Morgan fingerprint density at radius 3 is 2.95 bits per heavy atom. The summed E-state index contributed by atoms with van der Waals surface area (Å²) in [5, 5.41) is 7.66. The highest BCUT2D eigenvalue weighted by atomic mass is 32.2. The minimum absolute atomic E-state index is 0.143. The Hall–Kier alpha value is -2.35. The van der Waals surface area contributed by atoms with Crippen LogP contribution in [0.4, 0.5) is 5.82 Å². The van der Waals surface area contributed by atoms with Gasteiger partial charge in [0.05, 0.1) is 12.0 Å². The van der Waals surface area contributed by atoms with Gasteiger partial charge in [-0.05, 0) is 12.1 Å². The molecular formula is C13H15N3O4S. The minimum atomic E-state index is -3.38. The number of carbonyl (C=O) groups excluding carboxylic acids is 1. The number of nitrogens with zero attached hydrogens (tertiary/aromatic N) is 2. The summed E-state index contributed by atoms with van der Waals surface area (Å²) in [7, 11) is -1.71. The largest absolute Gasteiger partial charge is 0.463 e. The molecule has 0 unspecified atom stereocenters. The molecular weight excluding hydrogens is 294 g/mol. The number of anilines is 1. The third kappa shape index (κ3) is 3.82.